The van der Waals surface area contributed by atoms with E-state index in [1.807, 2.05) is 0 Å². The van der Waals surface area contributed by atoms with Gasteiger partial charge in [-0.2, -0.15) is 0 Å². The number of halogens is 1. The Bertz CT molecular complexity index is 210. The smallest absolute Gasteiger partial charge is 0.303 e. The molecule has 0 amide bonds. The van der Waals surface area contributed by atoms with Crippen molar-refractivity contribution in [3.63, 3.8) is 0 Å². The van der Waals surface area contributed by atoms with Crippen molar-refractivity contribution in [2.75, 3.05) is 12.5 Å². The molecule has 0 radical (unpaired) electrons. The monoisotopic (exact) mass is 272 g/mol. The summed E-state index contributed by atoms with van der Waals surface area (Å²) < 4.78 is 22.9. The fraction of sp³-hybridized carbons (Fsp3) is 1.00. The van der Waals surface area contributed by atoms with Crippen LogP contribution in [-0.2, 0) is 13.7 Å². The summed E-state index contributed by atoms with van der Waals surface area (Å²) in [5, 5.41) is 0. The van der Waals surface area contributed by atoms with Gasteiger partial charge in [0.05, 0.1) is 6.61 Å². The molecule has 88 valence electrons. The highest BCUT2D eigenvalue weighted by Crippen LogP contribution is 2.35. The van der Waals surface area contributed by atoms with Crippen molar-refractivity contribution in [3.05, 3.63) is 0 Å². The van der Waals surface area contributed by atoms with Crippen LogP contribution in [0.5, 0.6) is 0 Å². The first-order valence-electron chi connectivity index (χ1n) is 3.10. The van der Waals surface area contributed by atoms with Crippen molar-refractivity contribution in [1.29, 1.82) is 0 Å². The second-order valence-corrected chi connectivity index (χ2v) is 4.52. The molecule has 0 aliphatic carbocycles. The quantitative estimate of drug-likeness (QED) is 0.269. The number of hydrogen-bond acceptors (Lipinski definition) is 3. The van der Waals surface area contributed by atoms with E-state index in [-0.39, 0.29) is 6.61 Å². The van der Waals surface area contributed by atoms with Crippen molar-refractivity contribution in [2.45, 2.75) is 6.42 Å². The van der Waals surface area contributed by atoms with Gasteiger partial charge in [-0.05, 0) is 6.42 Å². The third kappa shape index (κ3) is 39.1. The summed E-state index contributed by atoms with van der Waals surface area (Å²) >= 11 is 5.20. The Hall–Kier alpha value is 0.510. The molecule has 14 heavy (non-hydrogen) atoms. The first-order chi connectivity index (χ1) is 6.06. The molecule has 0 bridgehead atoms. The molecule has 0 rings (SSSR count). The van der Waals surface area contributed by atoms with Gasteiger partial charge in [-0.15, -0.1) is 11.6 Å². The average Bonchev–Trinajstić information content (AvgIpc) is 1.80. The van der Waals surface area contributed by atoms with Crippen LogP contribution in [0.4, 0.5) is 0 Å². The first-order valence-corrected chi connectivity index (χ1v) is 6.73. The molecule has 11 heteroatoms. The molecule has 0 saturated heterocycles. The molecular formula is C3H11ClO8P2. The lowest BCUT2D eigenvalue weighted by Crippen LogP contribution is -1.91. The lowest BCUT2D eigenvalue weighted by atomic mass is 10.5. The average molecular weight is 273 g/mol. The van der Waals surface area contributed by atoms with Crippen LogP contribution in [0.2, 0.25) is 0 Å². The maximum Gasteiger partial charge on any atom is 0.469 e. The van der Waals surface area contributed by atoms with E-state index in [4.69, 9.17) is 40.6 Å². The summed E-state index contributed by atoms with van der Waals surface area (Å²) in [5.74, 6) is 0.347. The van der Waals surface area contributed by atoms with E-state index < -0.39 is 15.6 Å². The van der Waals surface area contributed by atoms with Crippen LogP contribution in [0.25, 0.3) is 0 Å². The van der Waals surface area contributed by atoms with Gasteiger partial charge in [-0.3, -0.25) is 4.52 Å². The third-order valence-electron chi connectivity index (χ3n) is 0.537. The molecule has 0 unspecified atom stereocenters. The van der Waals surface area contributed by atoms with Gasteiger partial charge < -0.3 is 24.5 Å². The summed E-state index contributed by atoms with van der Waals surface area (Å²) in [5.41, 5.74) is 0. The molecule has 0 fully saturated rings. The molecule has 0 aromatic carbocycles. The van der Waals surface area contributed by atoms with Crippen molar-refractivity contribution in [3.8, 4) is 0 Å². The van der Waals surface area contributed by atoms with Gasteiger partial charge in [-0.1, -0.05) is 0 Å². The highest BCUT2D eigenvalue weighted by molar-refractivity contribution is 7.46. The maximum atomic E-state index is 9.94. The van der Waals surface area contributed by atoms with E-state index in [1.165, 1.54) is 0 Å². The minimum atomic E-state index is -4.64. The SMILES string of the molecule is O=P(O)(O)O.O=P(O)(O)OCCCCl. The number of phosphoric acid groups is 2. The number of rotatable bonds is 4. The van der Waals surface area contributed by atoms with Gasteiger partial charge in [0.15, 0.2) is 0 Å². The zero-order chi connectivity index (χ0) is 11.8. The Morgan fingerprint density at radius 3 is 1.64 bits per heavy atom. The first kappa shape index (κ1) is 16.9. The van der Waals surface area contributed by atoms with E-state index in [2.05, 4.69) is 4.52 Å². The second-order valence-electron chi connectivity index (χ2n) is 1.88. The van der Waals surface area contributed by atoms with E-state index in [0.29, 0.717) is 12.3 Å². The van der Waals surface area contributed by atoms with Crippen molar-refractivity contribution in [1.82, 2.24) is 0 Å². The van der Waals surface area contributed by atoms with Gasteiger partial charge >= 0.3 is 15.6 Å². The molecule has 0 heterocycles. The van der Waals surface area contributed by atoms with Gasteiger partial charge in [0.25, 0.3) is 0 Å². The minimum Gasteiger partial charge on any atom is -0.303 e. The Kier molecular flexibility index (Phi) is 9.38. The minimum absolute atomic E-state index is 0.00772. The second kappa shape index (κ2) is 7.76. The summed E-state index contributed by atoms with van der Waals surface area (Å²) in [4.78, 5) is 37.7. The van der Waals surface area contributed by atoms with Gasteiger partial charge in [-0.25, -0.2) is 9.13 Å². The molecule has 0 aliphatic rings. The van der Waals surface area contributed by atoms with Crippen LogP contribution in [0.15, 0.2) is 0 Å². The Morgan fingerprint density at radius 1 is 1.07 bits per heavy atom. The molecule has 0 atom stereocenters. The topological polar surface area (TPSA) is 145 Å². The maximum absolute atomic E-state index is 9.94. The van der Waals surface area contributed by atoms with E-state index >= 15 is 0 Å². The summed E-state index contributed by atoms with van der Waals surface area (Å²) in [6, 6.07) is 0. The van der Waals surface area contributed by atoms with Crippen LogP contribution in [0.1, 0.15) is 6.42 Å². The molecule has 0 aromatic rings. The van der Waals surface area contributed by atoms with E-state index in [0.717, 1.165) is 0 Å². The Balaban J connectivity index is 0. The standard InChI is InChI=1S/C3H8ClO4P.H3O4P/c4-2-1-3-8-9(5,6)7;1-5(2,3)4/h1-3H2,(H2,5,6,7);(H3,1,2,3,4). The van der Waals surface area contributed by atoms with Crippen LogP contribution >= 0.6 is 27.2 Å². The van der Waals surface area contributed by atoms with Crippen molar-refractivity contribution >= 4 is 27.2 Å². The van der Waals surface area contributed by atoms with Crippen LogP contribution < -0.4 is 0 Å². The third-order valence-corrected chi connectivity index (χ3v) is 1.32. The summed E-state index contributed by atoms with van der Waals surface area (Å²) in [6.45, 7) is 0.00772. The highest BCUT2D eigenvalue weighted by atomic mass is 35.5. The van der Waals surface area contributed by atoms with Gasteiger partial charge in [0, 0.05) is 5.88 Å². The van der Waals surface area contributed by atoms with E-state index in [9.17, 15) is 4.57 Å². The number of hydrogen-bond donors (Lipinski definition) is 5. The summed E-state index contributed by atoms with van der Waals surface area (Å²) in [6.07, 6.45) is 0.451. The molecule has 0 saturated carbocycles. The largest absolute Gasteiger partial charge is 0.469 e. The van der Waals surface area contributed by atoms with Gasteiger partial charge in [0.2, 0.25) is 0 Å². The van der Waals surface area contributed by atoms with Crippen molar-refractivity contribution in [2.24, 2.45) is 0 Å². The van der Waals surface area contributed by atoms with Crippen LogP contribution in [0.3, 0.4) is 0 Å². The zero-order valence-corrected chi connectivity index (χ0v) is 9.40. The molecule has 5 N–H and O–H groups in total. The van der Waals surface area contributed by atoms with Gasteiger partial charge in [0.1, 0.15) is 0 Å². The molecule has 0 spiro atoms. The Labute approximate surface area is 85.0 Å². The van der Waals surface area contributed by atoms with Crippen LogP contribution in [-0.4, -0.2) is 37.0 Å². The predicted octanol–water partition coefficient (Wildman–Crippen LogP) is -0.204. The fourth-order valence-corrected chi connectivity index (χ4v) is 0.714. The lowest BCUT2D eigenvalue weighted by Gasteiger charge is -2.01. The van der Waals surface area contributed by atoms with Crippen LogP contribution in [0, 0.1) is 0 Å². The number of phosphoric ester groups is 1. The van der Waals surface area contributed by atoms with Crippen molar-refractivity contribution < 1.29 is 38.1 Å². The molecular weight excluding hydrogens is 261 g/mol. The predicted molar refractivity (Wildman–Crippen MR) is 47.6 cm³/mol. The Morgan fingerprint density at radius 2 is 1.43 bits per heavy atom. The molecule has 0 aromatic heterocycles. The zero-order valence-electron chi connectivity index (χ0n) is 6.85. The number of alkyl halides is 1. The summed E-state index contributed by atoms with van der Waals surface area (Å²) in [7, 11) is -8.89. The highest BCUT2D eigenvalue weighted by Gasteiger charge is 2.11. The molecule has 8 nitrogen and oxygen atoms in total. The molecule has 0 aliphatic heterocycles. The lowest BCUT2D eigenvalue weighted by molar-refractivity contribution is 0.198. The normalized spacial score (nSPS) is 11.9. The van der Waals surface area contributed by atoms with E-state index in [1.54, 1.807) is 0 Å². The fourth-order valence-electron chi connectivity index (χ4n) is 0.238.